The topological polar surface area (TPSA) is 61.2 Å². The van der Waals surface area contributed by atoms with Crippen LogP contribution >= 0.6 is 35.0 Å². The molecule has 8 heteroatoms. The van der Waals surface area contributed by atoms with Crippen LogP contribution in [-0.2, 0) is 9.53 Å². The summed E-state index contributed by atoms with van der Waals surface area (Å²) in [7, 11) is 0. The van der Waals surface area contributed by atoms with Crippen molar-refractivity contribution in [2.24, 2.45) is 0 Å². The second-order valence-corrected chi connectivity index (χ2v) is 7.08. The zero-order valence-corrected chi connectivity index (χ0v) is 16.1. The first-order valence-corrected chi connectivity index (χ1v) is 9.50. The summed E-state index contributed by atoms with van der Waals surface area (Å²) in [4.78, 5) is 29.3. The number of hydrogen-bond donors (Lipinski definition) is 0. The Kier molecular flexibility index (Phi) is 5.86. The van der Waals surface area contributed by atoms with Gasteiger partial charge in [0.15, 0.2) is 5.16 Å². The quantitative estimate of drug-likeness (QED) is 0.356. The average Bonchev–Trinajstić information content (AvgIpc) is 2.61. The Morgan fingerprint density at radius 1 is 1.15 bits per heavy atom. The first kappa shape index (κ1) is 18.8. The van der Waals surface area contributed by atoms with Crippen LogP contribution in [0.3, 0.4) is 0 Å². The van der Waals surface area contributed by atoms with Gasteiger partial charge in [0.05, 0.1) is 29.0 Å². The second-order valence-electron chi connectivity index (χ2n) is 5.27. The minimum Gasteiger partial charge on any atom is -0.465 e. The first-order chi connectivity index (χ1) is 12.5. The summed E-state index contributed by atoms with van der Waals surface area (Å²) < 4.78 is 6.40. The molecule has 3 rings (SSSR count). The lowest BCUT2D eigenvalue weighted by Crippen LogP contribution is -2.22. The monoisotopic (exact) mass is 408 g/mol. The second kappa shape index (κ2) is 8.12. The fourth-order valence-corrected chi connectivity index (χ4v) is 3.48. The number of nitrogens with zero attached hydrogens (tertiary/aromatic N) is 2. The molecule has 1 heterocycles. The van der Waals surface area contributed by atoms with Crippen molar-refractivity contribution in [2.75, 3.05) is 12.4 Å². The zero-order valence-electron chi connectivity index (χ0n) is 13.7. The summed E-state index contributed by atoms with van der Waals surface area (Å²) in [6.07, 6.45) is 0. The molecule has 134 valence electrons. The molecule has 3 aromatic rings. The minimum absolute atomic E-state index is 0.0416. The summed E-state index contributed by atoms with van der Waals surface area (Å²) in [5, 5.41) is 1.85. The van der Waals surface area contributed by atoms with Crippen molar-refractivity contribution in [1.29, 1.82) is 0 Å². The first-order valence-electron chi connectivity index (χ1n) is 7.76. The van der Waals surface area contributed by atoms with E-state index < -0.39 is 0 Å². The van der Waals surface area contributed by atoms with Gasteiger partial charge in [-0.15, -0.1) is 0 Å². The molecular weight excluding hydrogens is 395 g/mol. The van der Waals surface area contributed by atoms with Gasteiger partial charge in [0.2, 0.25) is 0 Å². The summed E-state index contributed by atoms with van der Waals surface area (Å²) in [5.74, 6) is -0.333. The van der Waals surface area contributed by atoms with Crippen LogP contribution < -0.4 is 5.56 Å². The van der Waals surface area contributed by atoms with Gasteiger partial charge < -0.3 is 4.74 Å². The van der Waals surface area contributed by atoms with Crippen LogP contribution in [0.4, 0.5) is 0 Å². The van der Waals surface area contributed by atoms with Crippen LogP contribution in [0.15, 0.2) is 52.4 Å². The lowest BCUT2D eigenvalue weighted by molar-refractivity contribution is -0.139. The van der Waals surface area contributed by atoms with Crippen LogP contribution in [0.2, 0.25) is 10.0 Å². The number of carbonyl (C=O) groups is 1. The summed E-state index contributed by atoms with van der Waals surface area (Å²) in [5.41, 5.74) is 0.828. The fourth-order valence-electron chi connectivity index (χ4n) is 2.38. The number of thioether (sulfide) groups is 1. The van der Waals surface area contributed by atoms with Crippen molar-refractivity contribution in [3.05, 3.63) is 62.9 Å². The van der Waals surface area contributed by atoms with E-state index in [2.05, 4.69) is 4.98 Å². The van der Waals surface area contributed by atoms with Gasteiger partial charge in [-0.3, -0.25) is 14.2 Å². The Morgan fingerprint density at radius 3 is 2.54 bits per heavy atom. The van der Waals surface area contributed by atoms with Crippen LogP contribution in [0.5, 0.6) is 0 Å². The van der Waals surface area contributed by atoms with Gasteiger partial charge in [0.25, 0.3) is 5.56 Å². The third-order valence-corrected chi connectivity index (χ3v) is 4.91. The molecule has 0 fully saturated rings. The third kappa shape index (κ3) is 4.03. The van der Waals surface area contributed by atoms with Gasteiger partial charge in [0.1, 0.15) is 0 Å². The molecule has 0 saturated carbocycles. The van der Waals surface area contributed by atoms with E-state index in [0.29, 0.717) is 38.4 Å². The highest BCUT2D eigenvalue weighted by atomic mass is 35.5. The van der Waals surface area contributed by atoms with Gasteiger partial charge in [-0.05, 0) is 49.4 Å². The molecule has 0 saturated heterocycles. The van der Waals surface area contributed by atoms with Crippen LogP contribution in [0.1, 0.15) is 6.92 Å². The van der Waals surface area contributed by atoms with Crippen molar-refractivity contribution >= 4 is 51.8 Å². The third-order valence-electron chi connectivity index (χ3n) is 3.51. The molecule has 0 aliphatic carbocycles. The molecule has 0 amide bonds. The molecule has 26 heavy (non-hydrogen) atoms. The Labute approximate surface area is 163 Å². The van der Waals surface area contributed by atoms with Crippen molar-refractivity contribution in [3.8, 4) is 5.69 Å². The number of ether oxygens (including phenoxy) is 1. The van der Waals surface area contributed by atoms with Gasteiger partial charge in [0, 0.05) is 10.0 Å². The molecule has 0 spiro atoms. The van der Waals surface area contributed by atoms with E-state index in [1.54, 1.807) is 49.4 Å². The van der Waals surface area contributed by atoms with Crippen molar-refractivity contribution < 1.29 is 9.53 Å². The molecular formula is C18H14Cl2N2O3S. The number of carbonyl (C=O) groups excluding carboxylic acids is 1. The van der Waals surface area contributed by atoms with Crippen molar-refractivity contribution in [2.45, 2.75) is 12.1 Å². The summed E-state index contributed by atoms with van der Waals surface area (Å²) in [6.45, 7) is 2.03. The number of fused-ring (bicyclic) bond motifs is 1. The Hall–Kier alpha value is -2.02. The molecule has 0 N–H and O–H groups in total. The SMILES string of the molecule is CCOC(=O)CSc1nc2cc(Cl)ccc2c(=O)n1-c1ccc(Cl)cc1. The maximum absolute atomic E-state index is 13.0. The highest BCUT2D eigenvalue weighted by Gasteiger charge is 2.15. The lowest BCUT2D eigenvalue weighted by atomic mass is 10.2. The normalized spacial score (nSPS) is 10.9. The number of hydrogen-bond acceptors (Lipinski definition) is 5. The predicted molar refractivity (Wildman–Crippen MR) is 105 cm³/mol. The van der Waals surface area contributed by atoms with Crippen molar-refractivity contribution in [3.63, 3.8) is 0 Å². The number of esters is 1. The van der Waals surface area contributed by atoms with Gasteiger partial charge in [-0.1, -0.05) is 35.0 Å². The molecule has 0 atom stereocenters. The molecule has 5 nitrogen and oxygen atoms in total. The molecule has 0 radical (unpaired) electrons. The number of benzene rings is 2. The Morgan fingerprint density at radius 2 is 1.85 bits per heavy atom. The Balaban J connectivity index is 2.15. The zero-order chi connectivity index (χ0) is 18.7. The standard InChI is InChI=1S/C18H14Cl2N2O3S/c1-2-25-16(23)10-26-18-21-15-9-12(20)5-8-14(15)17(24)22(18)13-6-3-11(19)4-7-13/h3-9H,2,10H2,1H3. The summed E-state index contributed by atoms with van der Waals surface area (Å²) >= 11 is 13.1. The van der Waals surface area contributed by atoms with Crippen LogP contribution in [0.25, 0.3) is 16.6 Å². The number of aromatic nitrogens is 2. The molecule has 0 aliphatic heterocycles. The molecule has 0 unspecified atom stereocenters. The highest BCUT2D eigenvalue weighted by Crippen LogP contribution is 2.24. The minimum atomic E-state index is -0.374. The highest BCUT2D eigenvalue weighted by molar-refractivity contribution is 7.99. The number of halogens is 2. The Bertz CT molecular complexity index is 1020. The predicted octanol–water partition coefficient (Wildman–Crippen LogP) is 4.35. The van der Waals surface area contributed by atoms with E-state index in [1.807, 2.05) is 0 Å². The van der Waals surface area contributed by atoms with Crippen molar-refractivity contribution in [1.82, 2.24) is 9.55 Å². The number of rotatable bonds is 5. The summed E-state index contributed by atoms with van der Waals surface area (Å²) in [6, 6.07) is 11.7. The van der Waals surface area contributed by atoms with E-state index in [-0.39, 0.29) is 17.3 Å². The maximum atomic E-state index is 13.0. The van der Waals surface area contributed by atoms with E-state index >= 15 is 0 Å². The molecule has 2 aromatic carbocycles. The fraction of sp³-hybridized carbons (Fsp3) is 0.167. The van der Waals surface area contributed by atoms with Crippen LogP contribution in [-0.4, -0.2) is 27.9 Å². The smallest absolute Gasteiger partial charge is 0.316 e. The van der Waals surface area contributed by atoms with E-state index in [9.17, 15) is 9.59 Å². The van der Waals surface area contributed by atoms with Crippen LogP contribution in [0, 0.1) is 0 Å². The van der Waals surface area contributed by atoms with Gasteiger partial charge in [-0.25, -0.2) is 4.98 Å². The van der Waals surface area contributed by atoms with E-state index in [4.69, 9.17) is 27.9 Å². The van der Waals surface area contributed by atoms with E-state index in [0.717, 1.165) is 11.8 Å². The lowest BCUT2D eigenvalue weighted by Gasteiger charge is -2.13. The maximum Gasteiger partial charge on any atom is 0.316 e. The molecule has 1 aromatic heterocycles. The molecule has 0 aliphatic rings. The van der Waals surface area contributed by atoms with E-state index in [1.165, 1.54) is 4.57 Å². The molecule has 0 bridgehead atoms. The van der Waals surface area contributed by atoms with Gasteiger partial charge >= 0.3 is 5.97 Å². The average molecular weight is 409 g/mol. The largest absolute Gasteiger partial charge is 0.465 e. The van der Waals surface area contributed by atoms with Gasteiger partial charge in [-0.2, -0.15) is 0 Å².